The molecule has 0 unspecified atom stereocenters. The molecule has 5 nitrogen and oxygen atoms in total. The van der Waals surface area contributed by atoms with Crippen molar-refractivity contribution >= 4 is 23.2 Å². The quantitative estimate of drug-likeness (QED) is 0.853. The molecular weight excluding hydrogens is 300 g/mol. The number of nitrogens with zero attached hydrogens (tertiary/aromatic N) is 4. The number of carbonyl (C=O) groups excluding carboxylic acids is 1. The molecule has 2 heterocycles. The van der Waals surface area contributed by atoms with E-state index in [4.69, 9.17) is 11.6 Å². The van der Waals surface area contributed by atoms with Crippen LogP contribution in [0.15, 0.2) is 36.7 Å². The number of carbonyl (C=O) groups is 1. The summed E-state index contributed by atoms with van der Waals surface area (Å²) in [4.78, 5) is 24.8. The van der Waals surface area contributed by atoms with E-state index in [2.05, 4.69) is 14.9 Å². The number of benzene rings is 1. The smallest absolute Gasteiger partial charge is 0.274 e. The van der Waals surface area contributed by atoms with Crippen LogP contribution in [-0.4, -0.2) is 47.0 Å². The Morgan fingerprint density at radius 2 is 1.73 bits per heavy atom. The topological polar surface area (TPSA) is 49.3 Å². The number of hydrogen-bond donors (Lipinski definition) is 0. The van der Waals surface area contributed by atoms with Gasteiger partial charge in [0.1, 0.15) is 5.69 Å². The van der Waals surface area contributed by atoms with E-state index in [1.54, 1.807) is 12.4 Å². The fraction of sp³-hybridized carbons (Fsp3) is 0.312. The van der Waals surface area contributed by atoms with Gasteiger partial charge >= 0.3 is 0 Å². The van der Waals surface area contributed by atoms with Crippen LogP contribution in [0.3, 0.4) is 0 Å². The van der Waals surface area contributed by atoms with E-state index < -0.39 is 0 Å². The molecule has 1 aliphatic rings. The number of aromatic nitrogens is 2. The second-order valence-electron chi connectivity index (χ2n) is 5.30. The normalized spacial score (nSPS) is 15.0. The standard InChI is InChI=1S/C16H17ClN4O/c1-12-10-19-15(11-18-12)16(22)21-8-6-20(7-9-21)14-4-2-13(17)3-5-14/h2-5,10-11H,6-9H2,1H3. The Labute approximate surface area is 134 Å². The average molecular weight is 317 g/mol. The predicted molar refractivity (Wildman–Crippen MR) is 86.3 cm³/mol. The first-order valence-corrected chi connectivity index (χ1v) is 7.60. The fourth-order valence-corrected chi connectivity index (χ4v) is 2.61. The molecule has 0 N–H and O–H groups in total. The Bertz CT molecular complexity index is 649. The summed E-state index contributed by atoms with van der Waals surface area (Å²) in [7, 11) is 0. The molecule has 1 aromatic carbocycles. The SMILES string of the molecule is Cc1cnc(C(=O)N2CCN(c3ccc(Cl)cc3)CC2)cn1. The first kappa shape index (κ1) is 14.8. The Balaban J connectivity index is 1.62. The highest BCUT2D eigenvalue weighted by molar-refractivity contribution is 6.30. The Hall–Kier alpha value is -2.14. The summed E-state index contributed by atoms with van der Waals surface area (Å²) in [5.74, 6) is -0.0525. The van der Waals surface area contributed by atoms with Crippen LogP contribution in [0.5, 0.6) is 0 Å². The number of halogens is 1. The lowest BCUT2D eigenvalue weighted by Crippen LogP contribution is -2.49. The van der Waals surface area contributed by atoms with Crippen molar-refractivity contribution in [2.45, 2.75) is 6.92 Å². The molecule has 1 aliphatic heterocycles. The van der Waals surface area contributed by atoms with Crippen molar-refractivity contribution in [1.82, 2.24) is 14.9 Å². The summed E-state index contributed by atoms with van der Waals surface area (Å²) in [6.07, 6.45) is 3.17. The highest BCUT2D eigenvalue weighted by Gasteiger charge is 2.23. The van der Waals surface area contributed by atoms with E-state index in [9.17, 15) is 4.79 Å². The number of rotatable bonds is 2. The molecule has 0 aliphatic carbocycles. The van der Waals surface area contributed by atoms with Crippen LogP contribution in [-0.2, 0) is 0 Å². The summed E-state index contributed by atoms with van der Waals surface area (Å²) < 4.78 is 0. The second-order valence-corrected chi connectivity index (χ2v) is 5.74. The summed E-state index contributed by atoms with van der Waals surface area (Å²) in [5, 5.41) is 0.732. The van der Waals surface area contributed by atoms with E-state index in [0.717, 1.165) is 29.5 Å². The highest BCUT2D eigenvalue weighted by atomic mass is 35.5. The van der Waals surface area contributed by atoms with E-state index in [1.165, 1.54) is 0 Å². The van der Waals surface area contributed by atoms with Gasteiger partial charge in [0.15, 0.2) is 0 Å². The molecule has 3 rings (SSSR count). The number of piperazine rings is 1. The van der Waals surface area contributed by atoms with Gasteiger partial charge in [0.05, 0.1) is 11.9 Å². The third-order valence-corrected chi connectivity index (χ3v) is 4.01. The van der Waals surface area contributed by atoms with Crippen LogP contribution < -0.4 is 4.90 Å². The van der Waals surface area contributed by atoms with Crippen LogP contribution in [0.4, 0.5) is 5.69 Å². The summed E-state index contributed by atoms with van der Waals surface area (Å²) in [5.41, 5.74) is 2.35. The first-order chi connectivity index (χ1) is 10.6. The average Bonchev–Trinajstić information content (AvgIpc) is 2.56. The van der Waals surface area contributed by atoms with E-state index in [0.29, 0.717) is 18.8 Å². The maximum Gasteiger partial charge on any atom is 0.274 e. The molecule has 0 radical (unpaired) electrons. The maximum absolute atomic E-state index is 12.4. The zero-order valence-electron chi connectivity index (χ0n) is 12.4. The lowest BCUT2D eigenvalue weighted by Gasteiger charge is -2.36. The molecular formula is C16H17ClN4O. The molecule has 1 aromatic heterocycles. The minimum atomic E-state index is -0.0525. The molecule has 1 saturated heterocycles. The molecule has 6 heteroatoms. The lowest BCUT2D eigenvalue weighted by atomic mass is 10.2. The fourth-order valence-electron chi connectivity index (χ4n) is 2.48. The third-order valence-electron chi connectivity index (χ3n) is 3.76. The third kappa shape index (κ3) is 3.20. The molecule has 0 saturated carbocycles. The Morgan fingerprint density at radius 1 is 1.05 bits per heavy atom. The van der Waals surface area contributed by atoms with Crippen LogP contribution in [0.25, 0.3) is 0 Å². The molecule has 114 valence electrons. The summed E-state index contributed by atoms with van der Waals surface area (Å²) in [6.45, 7) is 4.81. The van der Waals surface area contributed by atoms with Gasteiger partial charge in [0, 0.05) is 43.1 Å². The molecule has 1 fully saturated rings. The summed E-state index contributed by atoms with van der Waals surface area (Å²) >= 11 is 5.91. The monoisotopic (exact) mass is 316 g/mol. The zero-order chi connectivity index (χ0) is 15.5. The number of anilines is 1. The Kier molecular flexibility index (Phi) is 4.24. The minimum absolute atomic E-state index is 0.0525. The van der Waals surface area contributed by atoms with Crippen LogP contribution in [0, 0.1) is 6.92 Å². The summed E-state index contributed by atoms with van der Waals surface area (Å²) in [6, 6.07) is 7.78. The van der Waals surface area contributed by atoms with Crippen molar-refractivity contribution in [3.8, 4) is 0 Å². The van der Waals surface area contributed by atoms with Gasteiger partial charge in [-0.1, -0.05) is 11.6 Å². The highest BCUT2D eigenvalue weighted by Crippen LogP contribution is 2.19. The van der Waals surface area contributed by atoms with Crippen molar-refractivity contribution in [3.63, 3.8) is 0 Å². The van der Waals surface area contributed by atoms with Gasteiger partial charge in [-0.3, -0.25) is 9.78 Å². The van der Waals surface area contributed by atoms with Gasteiger partial charge in [-0.15, -0.1) is 0 Å². The second kappa shape index (κ2) is 6.32. The first-order valence-electron chi connectivity index (χ1n) is 7.22. The molecule has 2 aromatic rings. The van der Waals surface area contributed by atoms with Gasteiger partial charge in [-0.05, 0) is 31.2 Å². The van der Waals surface area contributed by atoms with E-state index >= 15 is 0 Å². The molecule has 0 bridgehead atoms. The molecule has 0 spiro atoms. The number of aryl methyl sites for hydroxylation is 1. The zero-order valence-corrected chi connectivity index (χ0v) is 13.1. The van der Waals surface area contributed by atoms with Crippen LogP contribution >= 0.6 is 11.6 Å². The van der Waals surface area contributed by atoms with Gasteiger partial charge < -0.3 is 9.80 Å². The minimum Gasteiger partial charge on any atom is -0.368 e. The van der Waals surface area contributed by atoms with Crippen molar-refractivity contribution < 1.29 is 4.79 Å². The van der Waals surface area contributed by atoms with Gasteiger partial charge in [-0.25, -0.2) is 4.98 Å². The van der Waals surface area contributed by atoms with Crippen molar-refractivity contribution in [2.75, 3.05) is 31.1 Å². The van der Waals surface area contributed by atoms with Crippen molar-refractivity contribution in [3.05, 3.63) is 53.1 Å². The van der Waals surface area contributed by atoms with Gasteiger partial charge in [0.2, 0.25) is 0 Å². The van der Waals surface area contributed by atoms with E-state index in [1.807, 2.05) is 36.1 Å². The number of hydrogen-bond acceptors (Lipinski definition) is 4. The van der Waals surface area contributed by atoms with E-state index in [-0.39, 0.29) is 5.91 Å². The maximum atomic E-state index is 12.4. The predicted octanol–water partition coefficient (Wildman–Crippen LogP) is 2.40. The van der Waals surface area contributed by atoms with Gasteiger partial charge in [-0.2, -0.15) is 0 Å². The molecule has 22 heavy (non-hydrogen) atoms. The van der Waals surface area contributed by atoms with Crippen LogP contribution in [0.1, 0.15) is 16.2 Å². The van der Waals surface area contributed by atoms with Crippen molar-refractivity contribution in [1.29, 1.82) is 0 Å². The van der Waals surface area contributed by atoms with Crippen LogP contribution in [0.2, 0.25) is 5.02 Å². The largest absolute Gasteiger partial charge is 0.368 e. The van der Waals surface area contributed by atoms with Crippen molar-refractivity contribution in [2.24, 2.45) is 0 Å². The Morgan fingerprint density at radius 3 is 2.32 bits per heavy atom. The number of amides is 1. The lowest BCUT2D eigenvalue weighted by molar-refractivity contribution is 0.0740. The molecule has 0 atom stereocenters. The van der Waals surface area contributed by atoms with Gasteiger partial charge in [0.25, 0.3) is 5.91 Å². The molecule has 1 amide bonds.